The van der Waals surface area contributed by atoms with Crippen molar-refractivity contribution in [2.24, 2.45) is 0 Å². The number of aliphatic carboxylic acids is 1. The van der Waals surface area contributed by atoms with Gasteiger partial charge < -0.3 is 20.5 Å². The maximum atomic E-state index is 12.0. The van der Waals surface area contributed by atoms with Gasteiger partial charge in [-0.25, -0.2) is 4.79 Å². The van der Waals surface area contributed by atoms with Crippen LogP contribution in [0.4, 0.5) is 0 Å². The molecule has 2 rings (SSSR count). The van der Waals surface area contributed by atoms with Gasteiger partial charge in [-0.15, -0.1) is 0 Å². The summed E-state index contributed by atoms with van der Waals surface area (Å²) in [7, 11) is 0. The molecule has 3 N–H and O–H groups in total. The van der Waals surface area contributed by atoms with Gasteiger partial charge in [0.2, 0.25) is 5.91 Å². The maximum absolute atomic E-state index is 12.0. The second-order valence-corrected chi connectivity index (χ2v) is 6.48. The summed E-state index contributed by atoms with van der Waals surface area (Å²) in [4.78, 5) is 35.4. The Hall–Kier alpha value is -2.22. The molecular weight excluding hydrogens is 332 g/mol. The Bertz CT molecular complexity index is 611. The van der Waals surface area contributed by atoms with Crippen LogP contribution in [0, 0.1) is 0 Å². The van der Waals surface area contributed by atoms with Gasteiger partial charge in [0.1, 0.15) is 11.3 Å². The highest BCUT2D eigenvalue weighted by Gasteiger charge is 2.43. The number of carbonyl (C=O) groups is 3. The smallest absolute Gasteiger partial charge is 0.330 e. The fourth-order valence-corrected chi connectivity index (χ4v) is 3.65. The van der Waals surface area contributed by atoms with Crippen molar-refractivity contribution in [3.63, 3.8) is 0 Å². The Labute approximate surface area is 144 Å². The molecule has 8 heteroatoms. The molecule has 1 saturated heterocycles. The average molecular weight is 352 g/mol. The molecule has 1 aromatic rings. The van der Waals surface area contributed by atoms with Gasteiger partial charge in [0, 0.05) is 11.3 Å². The van der Waals surface area contributed by atoms with E-state index in [4.69, 9.17) is 4.74 Å². The number of carbonyl (C=O) groups excluding carboxylic acids is 2. The van der Waals surface area contributed by atoms with E-state index < -0.39 is 23.3 Å². The molecule has 0 aromatic heterocycles. The molecule has 0 bridgehead atoms. The largest absolute Gasteiger partial charge is 0.494 e. The van der Waals surface area contributed by atoms with Gasteiger partial charge in [-0.2, -0.15) is 11.8 Å². The van der Waals surface area contributed by atoms with E-state index in [0.717, 1.165) is 0 Å². The van der Waals surface area contributed by atoms with E-state index >= 15 is 0 Å². The molecule has 1 unspecified atom stereocenters. The van der Waals surface area contributed by atoms with Gasteiger partial charge in [0.25, 0.3) is 5.91 Å². The molecule has 1 aromatic carbocycles. The normalized spacial score (nSPS) is 19.5. The van der Waals surface area contributed by atoms with Crippen LogP contribution in [0.15, 0.2) is 24.3 Å². The van der Waals surface area contributed by atoms with Crippen molar-refractivity contribution in [3.8, 4) is 5.75 Å². The number of hydrogen-bond acceptors (Lipinski definition) is 5. The summed E-state index contributed by atoms with van der Waals surface area (Å²) in [6.07, 6.45) is 0.381. The van der Waals surface area contributed by atoms with E-state index in [1.54, 1.807) is 24.3 Å². The number of carboxylic acid groups (broad SMARTS) is 1. The lowest BCUT2D eigenvalue weighted by Crippen LogP contribution is -2.56. The first kappa shape index (κ1) is 18.1. The van der Waals surface area contributed by atoms with E-state index in [-0.39, 0.29) is 6.54 Å². The Balaban J connectivity index is 1.86. The lowest BCUT2D eigenvalue weighted by molar-refractivity contribution is -0.146. The van der Waals surface area contributed by atoms with E-state index in [0.29, 0.717) is 35.8 Å². The Morgan fingerprint density at radius 3 is 2.54 bits per heavy atom. The zero-order valence-corrected chi connectivity index (χ0v) is 14.1. The number of amides is 2. The number of nitrogens with one attached hydrogen (secondary N) is 2. The zero-order valence-electron chi connectivity index (χ0n) is 13.3. The predicted molar refractivity (Wildman–Crippen MR) is 90.4 cm³/mol. The van der Waals surface area contributed by atoms with E-state index in [9.17, 15) is 19.5 Å². The van der Waals surface area contributed by atoms with Crippen molar-refractivity contribution in [1.29, 1.82) is 0 Å². The molecule has 24 heavy (non-hydrogen) atoms. The topological polar surface area (TPSA) is 105 Å². The second kappa shape index (κ2) is 8.05. The zero-order chi connectivity index (χ0) is 17.6. The predicted octanol–water partition coefficient (Wildman–Crippen LogP) is 0.892. The first-order valence-corrected chi connectivity index (χ1v) is 8.75. The van der Waals surface area contributed by atoms with Crippen LogP contribution in [0.2, 0.25) is 0 Å². The molecule has 1 aliphatic rings. The summed E-state index contributed by atoms with van der Waals surface area (Å²) in [5, 5.41) is 14.3. The SMILES string of the molecule is CCOc1ccc(C(=O)NCC(=O)NC2(C(=O)O)CCSC2)cc1. The minimum Gasteiger partial charge on any atom is -0.494 e. The number of thioether (sulfide) groups is 1. The first-order chi connectivity index (χ1) is 11.5. The maximum Gasteiger partial charge on any atom is 0.330 e. The average Bonchev–Trinajstić information content (AvgIpc) is 3.03. The molecule has 0 radical (unpaired) electrons. The molecule has 0 aliphatic carbocycles. The monoisotopic (exact) mass is 352 g/mol. The molecule has 1 fully saturated rings. The standard InChI is InChI=1S/C16H20N2O5S/c1-2-23-12-5-3-11(4-6-12)14(20)17-9-13(19)18-16(15(21)22)7-8-24-10-16/h3-6H,2,7-10H2,1H3,(H,17,20)(H,18,19)(H,21,22). The summed E-state index contributed by atoms with van der Waals surface area (Å²) in [6, 6.07) is 6.55. The molecule has 1 heterocycles. The van der Waals surface area contributed by atoms with Crippen LogP contribution < -0.4 is 15.4 Å². The summed E-state index contributed by atoms with van der Waals surface area (Å²) < 4.78 is 5.29. The highest BCUT2D eigenvalue weighted by atomic mass is 32.2. The summed E-state index contributed by atoms with van der Waals surface area (Å²) in [5.74, 6) is -0.281. The molecular formula is C16H20N2O5S. The van der Waals surface area contributed by atoms with Crippen LogP contribution >= 0.6 is 11.8 Å². The minimum atomic E-state index is -1.23. The summed E-state index contributed by atoms with van der Waals surface area (Å²) >= 11 is 1.48. The van der Waals surface area contributed by atoms with E-state index in [1.165, 1.54) is 11.8 Å². The lowest BCUT2D eigenvalue weighted by atomic mass is 9.99. The number of carboxylic acids is 1. The fraction of sp³-hybridized carbons (Fsp3) is 0.438. The summed E-state index contributed by atoms with van der Waals surface area (Å²) in [5.41, 5.74) is -0.832. The van der Waals surface area contributed by atoms with E-state index in [2.05, 4.69) is 10.6 Å². The molecule has 1 aliphatic heterocycles. The van der Waals surface area contributed by atoms with Crippen molar-refractivity contribution in [3.05, 3.63) is 29.8 Å². The third-order valence-corrected chi connectivity index (χ3v) is 4.84. The van der Waals surface area contributed by atoms with Crippen LogP contribution in [0.5, 0.6) is 5.75 Å². The Morgan fingerprint density at radius 2 is 2.00 bits per heavy atom. The first-order valence-electron chi connectivity index (χ1n) is 7.60. The Kier molecular flexibility index (Phi) is 6.08. The molecule has 130 valence electrons. The molecule has 1 atom stereocenters. The molecule has 2 amide bonds. The van der Waals surface area contributed by atoms with Gasteiger partial charge in [-0.3, -0.25) is 9.59 Å². The van der Waals surface area contributed by atoms with Crippen LogP contribution in [0.25, 0.3) is 0 Å². The third-order valence-electron chi connectivity index (χ3n) is 3.65. The van der Waals surface area contributed by atoms with Crippen LogP contribution in [-0.4, -0.2) is 53.1 Å². The van der Waals surface area contributed by atoms with Crippen molar-refractivity contribution >= 4 is 29.5 Å². The second-order valence-electron chi connectivity index (χ2n) is 5.38. The highest BCUT2D eigenvalue weighted by Crippen LogP contribution is 2.28. The molecule has 7 nitrogen and oxygen atoms in total. The number of rotatable bonds is 7. The molecule has 0 saturated carbocycles. The van der Waals surface area contributed by atoms with Crippen LogP contribution in [0.1, 0.15) is 23.7 Å². The number of benzene rings is 1. The summed E-state index contributed by atoms with van der Waals surface area (Å²) in [6.45, 7) is 2.13. The van der Waals surface area contributed by atoms with Gasteiger partial charge in [0.05, 0.1) is 13.2 Å². The number of hydrogen-bond donors (Lipinski definition) is 3. The van der Waals surface area contributed by atoms with E-state index in [1.807, 2.05) is 6.92 Å². The number of ether oxygens (including phenoxy) is 1. The minimum absolute atomic E-state index is 0.272. The van der Waals surface area contributed by atoms with Crippen molar-refractivity contribution in [2.75, 3.05) is 24.7 Å². The van der Waals surface area contributed by atoms with Gasteiger partial charge in [-0.05, 0) is 43.4 Å². The Morgan fingerprint density at radius 1 is 1.29 bits per heavy atom. The van der Waals surface area contributed by atoms with Crippen molar-refractivity contribution in [1.82, 2.24) is 10.6 Å². The van der Waals surface area contributed by atoms with Crippen molar-refractivity contribution < 1.29 is 24.2 Å². The van der Waals surface area contributed by atoms with Gasteiger partial charge in [0.15, 0.2) is 0 Å². The van der Waals surface area contributed by atoms with Crippen molar-refractivity contribution in [2.45, 2.75) is 18.9 Å². The van der Waals surface area contributed by atoms with Gasteiger partial charge >= 0.3 is 5.97 Å². The molecule has 0 spiro atoms. The van der Waals surface area contributed by atoms with Crippen LogP contribution in [0.3, 0.4) is 0 Å². The highest BCUT2D eigenvalue weighted by molar-refractivity contribution is 7.99. The van der Waals surface area contributed by atoms with Crippen LogP contribution in [-0.2, 0) is 9.59 Å². The fourth-order valence-electron chi connectivity index (χ4n) is 2.33. The van der Waals surface area contributed by atoms with Gasteiger partial charge in [-0.1, -0.05) is 0 Å². The third kappa shape index (κ3) is 4.41. The lowest BCUT2D eigenvalue weighted by Gasteiger charge is -2.24. The quantitative estimate of drug-likeness (QED) is 0.673.